The van der Waals surface area contributed by atoms with Crippen LogP contribution in [0.15, 0.2) is 0 Å². The van der Waals surface area contributed by atoms with Gasteiger partial charge in [-0.1, -0.05) is 0 Å². The zero-order chi connectivity index (χ0) is 5.91. The van der Waals surface area contributed by atoms with Crippen molar-refractivity contribution < 1.29 is 10.2 Å². The topological polar surface area (TPSA) is 40.5 Å². The maximum absolute atomic E-state index is 8.53. The number of rotatable bonds is 2. The van der Waals surface area contributed by atoms with Crippen LogP contribution in [0.4, 0.5) is 0 Å². The van der Waals surface area contributed by atoms with Crippen LogP contribution in [-0.2, 0) is 0 Å². The first-order valence-electron chi connectivity index (χ1n) is 1.79. The molecule has 7 heavy (non-hydrogen) atoms. The van der Waals surface area contributed by atoms with Crippen LogP contribution in [0, 0.1) is 0 Å². The van der Waals surface area contributed by atoms with E-state index in [2.05, 4.69) is 25.3 Å². The molecule has 4 heteroatoms. The van der Waals surface area contributed by atoms with E-state index in [1.165, 1.54) is 0 Å². The third kappa shape index (κ3) is 3.22. The molecule has 0 saturated heterocycles. The molecule has 0 bridgehead atoms. The van der Waals surface area contributed by atoms with Gasteiger partial charge in [0.25, 0.3) is 0 Å². The summed E-state index contributed by atoms with van der Waals surface area (Å²) in [5, 5.41) is 17.1. The van der Waals surface area contributed by atoms with E-state index in [4.69, 9.17) is 10.2 Å². The summed E-state index contributed by atoms with van der Waals surface area (Å²) in [6.45, 7) is 0. The van der Waals surface area contributed by atoms with Crippen molar-refractivity contribution in [1.82, 2.24) is 0 Å². The molecule has 0 saturated carbocycles. The van der Waals surface area contributed by atoms with Crippen molar-refractivity contribution in [1.29, 1.82) is 0 Å². The molecule has 0 aliphatic carbocycles. The summed E-state index contributed by atoms with van der Waals surface area (Å²) in [4.78, 5) is 0. The Hall–Kier alpha value is 0.620. The van der Waals surface area contributed by atoms with Crippen LogP contribution in [-0.4, -0.2) is 27.5 Å². The van der Waals surface area contributed by atoms with E-state index in [-0.39, 0.29) is 11.5 Å². The smallest absolute Gasteiger partial charge is 0.180 e. The predicted molar refractivity (Wildman–Crippen MR) is 34.9 cm³/mol. The molecular formula is C3H8O2S2. The van der Waals surface area contributed by atoms with Gasteiger partial charge in [-0.25, -0.2) is 0 Å². The normalized spacial score (nSPS) is 12.0. The SMILES string of the molecule is OC(O)(CS)CS. The third-order valence-electron chi connectivity index (χ3n) is 0.506. The zero-order valence-corrected chi connectivity index (χ0v) is 5.49. The second-order valence-electron chi connectivity index (χ2n) is 1.30. The molecule has 0 aliphatic rings. The van der Waals surface area contributed by atoms with Crippen molar-refractivity contribution in [2.45, 2.75) is 5.79 Å². The Balaban J connectivity index is 3.36. The van der Waals surface area contributed by atoms with Gasteiger partial charge < -0.3 is 10.2 Å². The van der Waals surface area contributed by atoms with Gasteiger partial charge in [0.1, 0.15) is 0 Å². The largest absolute Gasteiger partial charge is 0.364 e. The minimum Gasteiger partial charge on any atom is -0.364 e. The molecule has 0 aliphatic heterocycles. The maximum atomic E-state index is 8.53. The summed E-state index contributed by atoms with van der Waals surface area (Å²) in [5.74, 6) is -1.64. The lowest BCUT2D eigenvalue weighted by Crippen LogP contribution is -2.32. The molecule has 0 spiro atoms. The molecule has 2 nitrogen and oxygen atoms in total. The molecule has 0 heterocycles. The number of hydrogen-bond donors (Lipinski definition) is 4. The number of hydrogen-bond acceptors (Lipinski definition) is 4. The van der Waals surface area contributed by atoms with E-state index in [1.807, 2.05) is 0 Å². The molecule has 0 rings (SSSR count). The van der Waals surface area contributed by atoms with Crippen molar-refractivity contribution in [3.05, 3.63) is 0 Å². The van der Waals surface area contributed by atoms with Crippen LogP contribution in [0.5, 0.6) is 0 Å². The van der Waals surface area contributed by atoms with Crippen LogP contribution in [0.1, 0.15) is 0 Å². The first-order valence-corrected chi connectivity index (χ1v) is 3.05. The molecule has 0 aromatic heterocycles. The number of thiol groups is 2. The van der Waals surface area contributed by atoms with E-state index in [1.54, 1.807) is 0 Å². The molecule has 0 radical (unpaired) electrons. The van der Waals surface area contributed by atoms with E-state index in [0.717, 1.165) is 0 Å². The van der Waals surface area contributed by atoms with Gasteiger partial charge in [0.05, 0.1) is 0 Å². The van der Waals surface area contributed by atoms with Crippen molar-refractivity contribution in [3.63, 3.8) is 0 Å². The van der Waals surface area contributed by atoms with E-state index < -0.39 is 5.79 Å². The van der Waals surface area contributed by atoms with E-state index in [0.29, 0.717) is 0 Å². The second-order valence-corrected chi connectivity index (χ2v) is 1.93. The first-order chi connectivity index (χ1) is 3.12. The average Bonchev–Trinajstić information content (AvgIpc) is 1.68. The molecule has 0 aromatic rings. The summed E-state index contributed by atoms with van der Waals surface area (Å²) in [6.07, 6.45) is 0. The van der Waals surface area contributed by atoms with Crippen LogP contribution < -0.4 is 0 Å². The Morgan fingerprint density at radius 2 is 1.43 bits per heavy atom. The van der Waals surface area contributed by atoms with Crippen LogP contribution in [0.3, 0.4) is 0 Å². The Morgan fingerprint density at radius 3 is 1.43 bits per heavy atom. The lowest BCUT2D eigenvalue weighted by molar-refractivity contribution is -0.118. The summed E-state index contributed by atoms with van der Waals surface area (Å²) in [6, 6.07) is 0. The lowest BCUT2D eigenvalue weighted by atomic mass is 10.4. The fraction of sp³-hybridized carbons (Fsp3) is 1.00. The van der Waals surface area contributed by atoms with Crippen LogP contribution in [0.25, 0.3) is 0 Å². The van der Waals surface area contributed by atoms with Gasteiger partial charge in [-0.2, -0.15) is 25.3 Å². The van der Waals surface area contributed by atoms with Crippen LogP contribution >= 0.6 is 25.3 Å². The highest BCUT2D eigenvalue weighted by Crippen LogP contribution is 2.02. The second kappa shape index (κ2) is 2.81. The fourth-order valence-corrected chi connectivity index (χ4v) is 0.450. The average molecular weight is 140 g/mol. The molecule has 0 atom stereocenters. The van der Waals surface area contributed by atoms with Gasteiger partial charge in [-0.15, -0.1) is 0 Å². The highest BCUT2D eigenvalue weighted by molar-refractivity contribution is 7.81. The monoisotopic (exact) mass is 140 g/mol. The van der Waals surface area contributed by atoms with Crippen molar-refractivity contribution >= 4 is 25.3 Å². The maximum Gasteiger partial charge on any atom is 0.180 e. The van der Waals surface area contributed by atoms with E-state index >= 15 is 0 Å². The van der Waals surface area contributed by atoms with Gasteiger partial charge in [0.2, 0.25) is 0 Å². The molecule has 0 aromatic carbocycles. The van der Waals surface area contributed by atoms with Crippen LogP contribution in [0.2, 0.25) is 0 Å². The fourth-order valence-electron chi connectivity index (χ4n) is 0.0500. The molecule has 0 fully saturated rings. The Bertz CT molecular complexity index is 48.9. The van der Waals surface area contributed by atoms with Gasteiger partial charge >= 0.3 is 0 Å². The molecule has 0 amide bonds. The molecule has 0 unspecified atom stereocenters. The predicted octanol–water partition coefficient (Wildman–Crippen LogP) is -0.473. The Morgan fingerprint density at radius 1 is 1.14 bits per heavy atom. The van der Waals surface area contributed by atoms with Gasteiger partial charge in [0, 0.05) is 11.5 Å². The standard InChI is InChI=1S/C3H8O2S2/c4-3(5,1-6)2-7/h4-7H,1-2H2. The van der Waals surface area contributed by atoms with Crippen molar-refractivity contribution in [2.75, 3.05) is 11.5 Å². The van der Waals surface area contributed by atoms with Crippen molar-refractivity contribution in [3.8, 4) is 0 Å². The highest BCUT2D eigenvalue weighted by atomic mass is 32.1. The highest BCUT2D eigenvalue weighted by Gasteiger charge is 2.16. The third-order valence-corrected chi connectivity index (χ3v) is 1.52. The minimum atomic E-state index is -1.69. The van der Waals surface area contributed by atoms with Gasteiger partial charge in [-0.3, -0.25) is 0 Å². The summed E-state index contributed by atoms with van der Waals surface area (Å²) >= 11 is 7.26. The van der Waals surface area contributed by atoms with E-state index in [9.17, 15) is 0 Å². The molecule has 44 valence electrons. The lowest BCUT2D eigenvalue weighted by Gasteiger charge is -2.14. The number of aliphatic hydroxyl groups is 2. The van der Waals surface area contributed by atoms with Crippen molar-refractivity contribution in [2.24, 2.45) is 0 Å². The minimum absolute atomic E-state index is 0.0243. The summed E-state index contributed by atoms with van der Waals surface area (Å²) in [7, 11) is 0. The summed E-state index contributed by atoms with van der Waals surface area (Å²) < 4.78 is 0. The first kappa shape index (κ1) is 7.62. The zero-order valence-electron chi connectivity index (χ0n) is 3.70. The molecule has 2 N–H and O–H groups in total. The molecular weight excluding hydrogens is 132 g/mol. The quantitative estimate of drug-likeness (QED) is 0.309. The Labute approximate surface area is 53.4 Å². The summed E-state index contributed by atoms with van der Waals surface area (Å²) in [5.41, 5.74) is 0. The van der Waals surface area contributed by atoms with Gasteiger partial charge in [-0.05, 0) is 0 Å². The van der Waals surface area contributed by atoms with Gasteiger partial charge in [0.15, 0.2) is 5.79 Å². The Kier molecular flexibility index (Phi) is 3.06.